The van der Waals surface area contributed by atoms with Gasteiger partial charge < -0.3 is 14.8 Å². The molecule has 0 saturated carbocycles. The number of nitrogens with one attached hydrogen (secondary N) is 1. The van der Waals surface area contributed by atoms with Gasteiger partial charge in [0.2, 0.25) is 0 Å². The molecule has 106 valence electrons. The molecule has 0 spiro atoms. The third kappa shape index (κ3) is 4.51. The molecule has 0 bridgehead atoms. The van der Waals surface area contributed by atoms with Gasteiger partial charge in [0.15, 0.2) is 0 Å². The minimum atomic E-state index is 0.0241. The number of hydrogen-bond donors (Lipinski definition) is 1. The average molecular weight is 263 g/mol. The minimum Gasteiger partial charge on any atom is -0.494 e. The van der Waals surface area contributed by atoms with E-state index in [2.05, 4.69) is 37.4 Å². The number of rotatable bonds is 7. The van der Waals surface area contributed by atoms with Crippen LogP contribution in [0.1, 0.15) is 38.7 Å². The molecule has 2 rings (SSSR count). The van der Waals surface area contributed by atoms with Crippen LogP contribution >= 0.6 is 0 Å². The van der Waals surface area contributed by atoms with Crippen LogP contribution in [0.3, 0.4) is 0 Å². The second-order valence-corrected chi connectivity index (χ2v) is 5.50. The first kappa shape index (κ1) is 14.4. The SMILES string of the molecule is CCCOc1cccc(CNCC2(C)CCCO2)c1. The molecular formula is C16H25NO2. The van der Waals surface area contributed by atoms with Crippen molar-refractivity contribution in [1.29, 1.82) is 0 Å². The Kier molecular flexibility index (Phi) is 5.23. The Hall–Kier alpha value is -1.06. The van der Waals surface area contributed by atoms with Crippen molar-refractivity contribution in [3.63, 3.8) is 0 Å². The van der Waals surface area contributed by atoms with Crippen LogP contribution in [-0.4, -0.2) is 25.4 Å². The van der Waals surface area contributed by atoms with Gasteiger partial charge in [0.25, 0.3) is 0 Å². The zero-order chi connectivity index (χ0) is 13.6. The lowest BCUT2D eigenvalue weighted by molar-refractivity contribution is 0.0207. The van der Waals surface area contributed by atoms with Gasteiger partial charge in [-0.05, 0) is 43.9 Å². The zero-order valence-electron chi connectivity index (χ0n) is 12.1. The Labute approximate surface area is 116 Å². The van der Waals surface area contributed by atoms with Crippen LogP contribution in [0.25, 0.3) is 0 Å². The molecule has 1 aromatic carbocycles. The van der Waals surface area contributed by atoms with Crippen molar-refractivity contribution in [2.75, 3.05) is 19.8 Å². The van der Waals surface area contributed by atoms with E-state index in [4.69, 9.17) is 9.47 Å². The van der Waals surface area contributed by atoms with Crippen molar-refractivity contribution >= 4 is 0 Å². The average Bonchev–Trinajstić information content (AvgIpc) is 2.84. The fourth-order valence-corrected chi connectivity index (χ4v) is 2.41. The maximum atomic E-state index is 5.77. The predicted octanol–water partition coefficient (Wildman–Crippen LogP) is 3.13. The topological polar surface area (TPSA) is 30.5 Å². The smallest absolute Gasteiger partial charge is 0.119 e. The van der Waals surface area contributed by atoms with Crippen LogP contribution in [0.4, 0.5) is 0 Å². The Balaban J connectivity index is 1.78. The molecule has 1 fully saturated rings. The van der Waals surface area contributed by atoms with Crippen molar-refractivity contribution in [1.82, 2.24) is 5.32 Å². The maximum Gasteiger partial charge on any atom is 0.119 e. The highest BCUT2D eigenvalue weighted by Gasteiger charge is 2.28. The molecule has 1 heterocycles. The summed E-state index contributed by atoms with van der Waals surface area (Å²) in [6.07, 6.45) is 3.37. The van der Waals surface area contributed by atoms with E-state index in [-0.39, 0.29) is 5.60 Å². The molecule has 1 unspecified atom stereocenters. The van der Waals surface area contributed by atoms with E-state index >= 15 is 0 Å². The number of ether oxygens (including phenoxy) is 2. The number of hydrogen-bond acceptors (Lipinski definition) is 3. The summed E-state index contributed by atoms with van der Waals surface area (Å²) in [7, 11) is 0. The predicted molar refractivity (Wildman–Crippen MR) is 77.5 cm³/mol. The van der Waals surface area contributed by atoms with Gasteiger partial charge in [-0.15, -0.1) is 0 Å². The maximum absolute atomic E-state index is 5.77. The van der Waals surface area contributed by atoms with Gasteiger partial charge in [-0.25, -0.2) is 0 Å². The highest BCUT2D eigenvalue weighted by Crippen LogP contribution is 2.24. The Morgan fingerprint density at radius 1 is 1.42 bits per heavy atom. The van der Waals surface area contributed by atoms with Crippen LogP contribution in [0.5, 0.6) is 5.75 Å². The first-order valence-corrected chi connectivity index (χ1v) is 7.28. The monoisotopic (exact) mass is 263 g/mol. The minimum absolute atomic E-state index is 0.0241. The third-order valence-electron chi connectivity index (χ3n) is 3.50. The van der Waals surface area contributed by atoms with E-state index in [1.54, 1.807) is 0 Å². The Bertz CT molecular complexity index is 386. The fraction of sp³-hybridized carbons (Fsp3) is 0.625. The van der Waals surface area contributed by atoms with Crippen LogP contribution in [0.15, 0.2) is 24.3 Å². The molecule has 0 amide bonds. The van der Waals surface area contributed by atoms with Crippen molar-refractivity contribution in [3.8, 4) is 5.75 Å². The first-order valence-electron chi connectivity index (χ1n) is 7.28. The highest BCUT2D eigenvalue weighted by atomic mass is 16.5. The molecule has 1 aliphatic rings. The van der Waals surface area contributed by atoms with Crippen LogP contribution in [0.2, 0.25) is 0 Å². The molecule has 0 aliphatic carbocycles. The van der Waals surface area contributed by atoms with Crippen molar-refractivity contribution in [2.24, 2.45) is 0 Å². The van der Waals surface area contributed by atoms with E-state index in [9.17, 15) is 0 Å². The highest BCUT2D eigenvalue weighted by molar-refractivity contribution is 5.28. The van der Waals surface area contributed by atoms with Crippen LogP contribution in [0, 0.1) is 0 Å². The van der Waals surface area contributed by atoms with Gasteiger partial charge in [-0.3, -0.25) is 0 Å². The molecule has 0 radical (unpaired) electrons. The molecule has 0 aromatic heterocycles. The van der Waals surface area contributed by atoms with E-state index in [1.807, 2.05) is 6.07 Å². The van der Waals surface area contributed by atoms with Gasteiger partial charge in [0.05, 0.1) is 12.2 Å². The summed E-state index contributed by atoms with van der Waals surface area (Å²) in [4.78, 5) is 0. The first-order chi connectivity index (χ1) is 9.22. The van der Waals surface area contributed by atoms with Crippen LogP contribution in [-0.2, 0) is 11.3 Å². The largest absolute Gasteiger partial charge is 0.494 e. The lowest BCUT2D eigenvalue weighted by Crippen LogP contribution is -2.36. The quantitative estimate of drug-likeness (QED) is 0.820. The summed E-state index contributed by atoms with van der Waals surface area (Å²) in [5, 5.41) is 3.49. The van der Waals surface area contributed by atoms with Gasteiger partial charge in [-0.2, -0.15) is 0 Å². The summed E-state index contributed by atoms with van der Waals surface area (Å²) in [5.41, 5.74) is 1.28. The zero-order valence-corrected chi connectivity index (χ0v) is 12.1. The summed E-state index contributed by atoms with van der Waals surface area (Å²) < 4.78 is 11.4. The fourth-order valence-electron chi connectivity index (χ4n) is 2.41. The van der Waals surface area contributed by atoms with Crippen molar-refractivity contribution < 1.29 is 9.47 Å². The summed E-state index contributed by atoms with van der Waals surface area (Å²) >= 11 is 0. The summed E-state index contributed by atoms with van der Waals surface area (Å²) in [6, 6.07) is 8.31. The molecular weight excluding hydrogens is 238 g/mol. The van der Waals surface area contributed by atoms with Crippen molar-refractivity contribution in [2.45, 2.75) is 45.3 Å². The molecule has 1 N–H and O–H groups in total. The Morgan fingerprint density at radius 3 is 3.05 bits per heavy atom. The van der Waals surface area contributed by atoms with Gasteiger partial charge in [0.1, 0.15) is 5.75 Å². The second-order valence-electron chi connectivity index (χ2n) is 5.50. The van der Waals surface area contributed by atoms with Gasteiger partial charge >= 0.3 is 0 Å². The third-order valence-corrected chi connectivity index (χ3v) is 3.50. The summed E-state index contributed by atoms with van der Waals surface area (Å²) in [5.74, 6) is 0.962. The molecule has 1 aliphatic heterocycles. The van der Waals surface area contributed by atoms with E-state index in [0.29, 0.717) is 0 Å². The standard InChI is InChI=1S/C16H25NO2/c1-3-9-18-15-7-4-6-14(11-15)12-17-13-16(2)8-5-10-19-16/h4,6-7,11,17H,3,5,8-10,12-13H2,1-2H3. The number of benzene rings is 1. The van der Waals surface area contributed by atoms with Gasteiger partial charge in [0, 0.05) is 19.7 Å². The van der Waals surface area contributed by atoms with Crippen LogP contribution < -0.4 is 10.1 Å². The Morgan fingerprint density at radius 2 is 2.32 bits per heavy atom. The molecule has 3 heteroatoms. The molecule has 1 aromatic rings. The lowest BCUT2D eigenvalue weighted by Gasteiger charge is -2.23. The molecule has 19 heavy (non-hydrogen) atoms. The molecule has 1 saturated heterocycles. The van der Waals surface area contributed by atoms with E-state index in [1.165, 1.54) is 12.0 Å². The molecule has 3 nitrogen and oxygen atoms in total. The van der Waals surface area contributed by atoms with E-state index in [0.717, 1.165) is 44.9 Å². The molecule has 1 atom stereocenters. The second kappa shape index (κ2) is 6.92. The normalized spacial score (nSPS) is 22.6. The summed E-state index contributed by atoms with van der Waals surface area (Å²) in [6.45, 7) is 7.76. The van der Waals surface area contributed by atoms with Crippen molar-refractivity contribution in [3.05, 3.63) is 29.8 Å². The van der Waals surface area contributed by atoms with E-state index < -0.39 is 0 Å². The van der Waals surface area contributed by atoms with Gasteiger partial charge in [-0.1, -0.05) is 19.1 Å². The lowest BCUT2D eigenvalue weighted by atomic mass is 10.0.